The second-order valence-electron chi connectivity index (χ2n) is 5.52. The van der Waals surface area contributed by atoms with E-state index in [2.05, 4.69) is 4.90 Å². The maximum atomic E-state index is 13.3. The van der Waals surface area contributed by atoms with Gasteiger partial charge in [-0.05, 0) is 38.1 Å². The fourth-order valence-electron chi connectivity index (χ4n) is 2.69. The van der Waals surface area contributed by atoms with Crippen molar-refractivity contribution in [2.45, 2.75) is 6.42 Å². The minimum absolute atomic E-state index is 0.200. The normalized spacial score (nSPS) is 18.7. The van der Waals surface area contributed by atoms with E-state index >= 15 is 0 Å². The minimum Gasteiger partial charge on any atom is -0.341 e. The Labute approximate surface area is 122 Å². The fraction of sp³-hybridized carbons (Fsp3) is 0.500. The minimum atomic E-state index is -0.663. The smallest absolute Gasteiger partial charge is 0.282 e. The summed E-state index contributed by atoms with van der Waals surface area (Å²) >= 11 is 0. The predicted octanol–water partition coefficient (Wildman–Crippen LogP) is 1.76. The summed E-state index contributed by atoms with van der Waals surface area (Å²) in [4.78, 5) is 26.2. The van der Waals surface area contributed by atoms with E-state index in [0.717, 1.165) is 37.7 Å². The number of nitrogens with zero attached hydrogens (tertiary/aromatic N) is 3. The Hall–Kier alpha value is -2.02. The highest BCUT2D eigenvalue weighted by Gasteiger charge is 2.27. The summed E-state index contributed by atoms with van der Waals surface area (Å²) in [6.45, 7) is 2.38. The van der Waals surface area contributed by atoms with Crippen LogP contribution in [-0.2, 0) is 0 Å². The molecule has 1 aromatic carbocycles. The van der Waals surface area contributed by atoms with Crippen LogP contribution in [0.4, 0.5) is 10.1 Å². The van der Waals surface area contributed by atoms with Crippen LogP contribution >= 0.6 is 0 Å². The van der Waals surface area contributed by atoms with Gasteiger partial charge in [0.2, 0.25) is 0 Å². The number of benzene rings is 1. The predicted molar refractivity (Wildman–Crippen MR) is 75.6 cm³/mol. The third kappa shape index (κ3) is 3.55. The van der Waals surface area contributed by atoms with Crippen molar-refractivity contribution in [2.24, 2.45) is 5.92 Å². The number of amides is 1. The number of nitro groups is 1. The SMILES string of the molecule is CN1CCC(CN(C)C(=O)c2cc(F)ccc2[N+](=O)[O-])C1. The molecule has 21 heavy (non-hydrogen) atoms. The van der Waals surface area contributed by atoms with Gasteiger partial charge in [0.15, 0.2) is 0 Å². The maximum absolute atomic E-state index is 13.3. The van der Waals surface area contributed by atoms with Crippen molar-refractivity contribution in [3.8, 4) is 0 Å². The lowest BCUT2D eigenvalue weighted by Crippen LogP contribution is -2.33. The van der Waals surface area contributed by atoms with Crippen molar-refractivity contribution in [1.82, 2.24) is 9.80 Å². The Balaban J connectivity index is 2.15. The molecular weight excluding hydrogens is 277 g/mol. The van der Waals surface area contributed by atoms with Gasteiger partial charge in [0.05, 0.1) is 4.92 Å². The standard InChI is InChI=1S/C14H18FN3O3/c1-16-6-5-10(8-16)9-17(2)14(19)12-7-11(15)3-4-13(12)18(20)21/h3-4,7,10H,5-6,8-9H2,1-2H3. The van der Waals surface area contributed by atoms with E-state index in [1.54, 1.807) is 7.05 Å². The van der Waals surface area contributed by atoms with Crippen molar-refractivity contribution in [3.63, 3.8) is 0 Å². The van der Waals surface area contributed by atoms with E-state index in [1.165, 1.54) is 4.90 Å². The third-order valence-electron chi connectivity index (χ3n) is 3.75. The van der Waals surface area contributed by atoms with E-state index < -0.39 is 16.6 Å². The molecule has 6 nitrogen and oxygen atoms in total. The Morgan fingerprint density at radius 1 is 1.57 bits per heavy atom. The number of nitro benzene ring substituents is 1. The van der Waals surface area contributed by atoms with Crippen molar-refractivity contribution >= 4 is 11.6 Å². The molecule has 0 spiro atoms. The van der Waals surface area contributed by atoms with E-state index in [1.807, 2.05) is 7.05 Å². The molecule has 1 saturated heterocycles. The molecule has 1 aliphatic heterocycles. The summed E-state index contributed by atoms with van der Waals surface area (Å²) in [6.07, 6.45) is 0.985. The average Bonchev–Trinajstić information content (AvgIpc) is 2.82. The molecule has 0 aliphatic carbocycles. The van der Waals surface area contributed by atoms with Gasteiger partial charge in [-0.1, -0.05) is 0 Å². The van der Waals surface area contributed by atoms with Gasteiger partial charge in [-0.25, -0.2) is 4.39 Å². The summed E-state index contributed by atoms with van der Waals surface area (Å²) in [5.41, 5.74) is -0.564. The lowest BCUT2D eigenvalue weighted by Gasteiger charge is -2.21. The topological polar surface area (TPSA) is 66.7 Å². The molecule has 1 amide bonds. The highest BCUT2D eigenvalue weighted by molar-refractivity contribution is 5.98. The van der Waals surface area contributed by atoms with Crippen LogP contribution in [0.15, 0.2) is 18.2 Å². The molecule has 114 valence electrons. The van der Waals surface area contributed by atoms with Crippen LogP contribution in [0.1, 0.15) is 16.8 Å². The summed E-state index contributed by atoms with van der Waals surface area (Å²) in [5.74, 6) is -0.828. The summed E-state index contributed by atoms with van der Waals surface area (Å²) in [5, 5.41) is 11.0. The first-order valence-corrected chi connectivity index (χ1v) is 6.76. The van der Waals surface area contributed by atoms with Crippen LogP contribution in [0, 0.1) is 21.8 Å². The lowest BCUT2D eigenvalue weighted by molar-refractivity contribution is -0.385. The zero-order valence-corrected chi connectivity index (χ0v) is 12.1. The quantitative estimate of drug-likeness (QED) is 0.627. The molecule has 0 bridgehead atoms. The van der Waals surface area contributed by atoms with E-state index in [0.29, 0.717) is 12.5 Å². The van der Waals surface area contributed by atoms with Crippen LogP contribution in [0.25, 0.3) is 0 Å². The van der Waals surface area contributed by atoms with Gasteiger partial charge in [0.25, 0.3) is 11.6 Å². The fourth-order valence-corrected chi connectivity index (χ4v) is 2.69. The van der Waals surface area contributed by atoms with Crippen LogP contribution in [-0.4, -0.2) is 54.4 Å². The van der Waals surface area contributed by atoms with Gasteiger partial charge >= 0.3 is 0 Å². The Bertz CT molecular complexity index is 564. The van der Waals surface area contributed by atoms with Crippen LogP contribution in [0.3, 0.4) is 0 Å². The van der Waals surface area contributed by atoms with Crippen LogP contribution in [0.2, 0.25) is 0 Å². The average molecular weight is 295 g/mol. The maximum Gasteiger partial charge on any atom is 0.282 e. The molecule has 7 heteroatoms. The molecule has 0 aromatic heterocycles. The van der Waals surface area contributed by atoms with Crippen molar-refractivity contribution in [3.05, 3.63) is 39.7 Å². The van der Waals surface area contributed by atoms with Crippen LogP contribution < -0.4 is 0 Å². The molecule has 2 rings (SSSR count). The summed E-state index contributed by atoms with van der Waals surface area (Å²) in [7, 11) is 3.61. The largest absolute Gasteiger partial charge is 0.341 e. The number of likely N-dealkylation sites (tertiary alicyclic amines) is 1. The Morgan fingerprint density at radius 3 is 2.86 bits per heavy atom. The molecule has 0 saturated carbocycles. The molecule has 0 N–H and O–H groups in total. The molecule has 1 atom stereocenters. The molecule has 1 aromatic rings. The van der Waals surface area contributed by atoms with E-state index in [-0.39, 0.29) is 11.3 Å². The first kappa shape index (κ1) is 15.4. The third-order valence-corrected chi connectivity index (χ3v) is 3.75. The van der Waals surface area contributed by atoms with Gasteiger partial charge in [0.1, 0.15) is 11.4 Å². The Kier molecular flexibility index (Phi) is 4.52. The number of hydrogen-bond donors (Lipinski definition) is 0. The molecule has 1 unspecified atom stereocenters. The number of hydrogen-bond acceptors (Lipinski definition) is 4. The van der Waals surface area contributed by atoms with E-state index in [9.17, 15) is 19.3 Å². The first-order chi connectivity index (χ1) is 9.88. The van der Waals surface area contributed by atoms with Gasteiger partial charge in [-0.2, -0.15) is 0 Å². The van der Waals surface area contributed by atoms with Crippen molar-refractivity contribution < 1.29 is 14.1 Å². The number of carbonyl (C=O) groups is 1. The second kappa shape index (κ2) is 6.17. The molecule has 0 radical (unpaired) electrons. The number of carbonyl (C=O) groups excluding carboxylic acids is 1. The van der Waals surface area contributed by atoms with Gasteiger partial charge in [0, 0.05) is 26.2 Å². The number of halogens is 1. The molecule has 1 fully saturated rings. The van der Waals surface area contributed by atoms with Gasteiger partial charge < -0.3 is 9.80 Å². The summed E-state index contributed by atoms with van der Waals surface area (Å²) < 4.78 is 13.3. The zero-order valence-electron chi connectivity index (χ0n) is 12.1. The molecule has 1 heterocycles. The highest BCUT2D eigenvalue weighted by Crippen LogP contribution is 2.22. The highest BCUT2D eigenvalue weighted by atomic mass is 19.1. The van der Waals surface area contributed by atoms with Crippen LogP contribution in [0.5, 0.6) is 0 Å². The Morgan fingerprint density at radius 2 is 2.29 bits per heavy atom. The first-order valence-electron chi connectivity index (χ1n) is 6.76. The second-order valence-corrected chi connectivity index (χ2v) is 5.52. The molecule has 1 aliphatic rings. The summed E-state index contributed by atoms with van der Waals surface area (Å²) in [6, 6.07) is 2.94. The van der Waals surface area contributed by atoms with Crippen molar-refractivity contribution in [2.75, 3.05) is 33.7 Å². The van der Waals surface area contributed by atoms with Crippen molar-refractivity contribution in [1.29, 1.82) is 0 Å². The lowest BCUT2D eigenvalue weighted by atomic mass is 10.1. The van der Waals surface area contributed by atoms with Gasteiger partial charge in [-0.3, -0.25) is 14.9 Å². The molecular formula is C14H18FN3O3. The van der Waals surface area contributed by atoms with E-state index in [4.69, 9.17) is 0 Å². The number of rotatable bonds is 4. The zero-order chi connectivity index (χ0) is 15.6. The monoisotopic (exact) mass is 295 g/mol. The van der Waals surface area contributed by atoms with Gasteiger partial charge in [-0.15, -0.1) is 0 Å².